The summed E-state index contributed by atoms with van der Waals surface area (Å²) in [5.41, 5.74) is 0.974. The van der Waals surface area contributed by atoms with Crippen LogP contribution in [0.4, 0.5) is 15.8 Å². The van der Waals surface area contributed by atoms with E-state index in [2.05, 4.69) is 15.5 Å². The average Bonchev–Trinajstić information content (AvgIpc) is 3.26. The molecule has 0 unspecified atom stereocenters. The number of benzene rings is 1. The van der Waals surface area contributed by atoms with E-state index in [0.717, 1.165) is 5.56 Å². The van der Waals surface area contributed by atoms with Crippen LogP contribution in [0.25, 0.3) is 0 Å². The number of aryl methyl sites for hydroxylation is 1. The van der Waals surface area contributed by atoms with Gasteiger partial charge in [-0.15, -0.1) is 5.10 Å². The maximum atomic E-state index is 13.2. The van der Waals surface area contributed by atoms with Gasteiger partial charge in [0.05, 0.1) is 37.0 Å². The van der Waals surface area contributed by atoms with Gasteiger partial charge in [-0.1, -0.05) is 12.1 Å². The highest BCUT2D eigenvalue weighted by molar-refractivity contribution is 5.90. The molecule has 1 aromatic carbocycles. The zero-order valence-electron chi connectivity index (χ0n) is 14.9. The molecule has 0 spiro atoms. The minimum absolute atomic E-state index is 0.0526. The minimum Gasteiger partial charge on any atom is -0.475 e. The molecule has 0 aliphatic rings. The summed E-state index contributed by atoms with van der Waals surface area (Å²) in [5, 5.41) is 21.6. The van der Waals surface area contributed by atoms with Gasteiger partial charge in [-0.25, -0.2) is 4.39 Å². The minimum atomic E-state index is -0.602. The van der Waals surface area contributed by atoms with E-state index in [4.69, 9.17) is 4.74 Å². The summed E-state index contributed by atoms with van der Waals surface area (Å²) in [5.74, 6) is -0.736. The van der Waals surface area contributed by atoms with Gasteiger partial charge in [0, 0.05) is 12.6 Å². The van der Waals surface area contributed by atoms with Gasteiger partial charge in [0.15, 0.2) is 0 Å². The number of methoxy groups -OCH3 is 1. The first kappa shape index (κ1) is 19.0. The summed E-state index contributed by atoms with van der Waals surface area (Å²) in [6, 6.07) is 6.17. The third-order valence-corrected chi connectivity index (χ3v) is 3.82. The summed E-state index contributed by atoms with van der Waals surface area (Å²) in [6.07, 6.45) is 4.38. The first-order valence-corrected chi connectivity index (χ1v) is 8.27. The molecule has 28 heavy (non-hydrogen) atoms. The highest BCUT2D eigenvalue weighted by atomic mass is 19.1. The third-order valence-electron chi connectivity index (χ3n) is 3.82. The first-order chi connectivity index (χ1) is 13.4. The second kappa shape index (κ2) is 8.29. The molecule has 11 heteroatoms. The molecule has 0 radical (unpaired) electrons. The molecule has 0 saturated heterocycles. The Morgan fingerprint density at radius 1 is 1.36 bits per heavy atom. The van der Waals surface area contributed by atoms with Crippen molar-refractivity contribution in [3.63, 3.8) is 0 Å². The van der Waals surface area contributed by atoms with Crippen molar-refractivity contribution in [2.24, 2.45) is 0 Å². The van der Waals surface area contributed by atoms with Crippen LogP contribution in [-0.2, 0) is 17.9 Å². The van der Waals surface area contributed by atoms with Crippen molar-refractivity contribution in [1.29, 1.82) is 0 Å². The lowest BCUT2D eigenvalue weighted by Crippen LogP contribution is -2.14. The second-order valence-electron chi connectivity index (χ2n) is 5.90. The van der Waals surface area contributed by atoms with Gasteiger partial charge in [-0.3, -0.25) is 24.3 Å². The largest absolute Gasteiger partial charge is 0.475 e. The van der Waals surface area contributed by atoms with Gasteiger partial charge in [-0.05, 0) is 17.7 Å². The lowest BCUT2D eigenvalue weighted by molar-refractivity contribution is -0.385. The molecule has 0 aliphatic carbocycles. The number of anilines is 1. The summed E-state index contributed by atoms with van der Waals surface area (Å²) < 4.78 is 20.9. The Balaban J connectivity index is 1.54. The van der Waals surface area contributed by atoms with Gasteiger partial charge in [0.1, 0.15) is 12.0 Å². The number of aromatic nitrogens is 4. The maximum Gasteiger partial charge on any atom is 0.350 e. The predicted octanol–water partition coefficient (Wildman–Crippen LogP) is 2.21. The monoisotopic (exact) mass is 388 g/mol. The van der Waals surface area contributed by atoms with Gasteiger partial charge >= 0.3 is 11.6 Å². The molecule has 2 aromatic heterocycles. The van der Waals surface area contributed by atoms with E-state index in [1.807, 2.05) is 0 Å². The van der Waals surface area contributed by atoms with Crippen molar-refractivity contribution in [1.82, 2.24) is 19.6 Å². The van der Waals surface area contributed by atoms with Crippen molar-refractivity contribution in [2.45, 2.75) is 19.5 Å². The van der Waals surface area contributed by atoms with Crippen LogP contribution < -0.4 is 10.1 Å². The SMILES string of the molecule is COc1nn(CCC(=O)Nc2cnn(Cc3cccc(F)c3)c2)cc1[N+](=O)[O-]. The quantitative estimate of drug-likeness (QED) is 0.467. The fourth-order valence-corrected chi connectivity index (χ4v) is 2.55. The summed E-state index contributed by atoms with van der Waals surface area (Å²) in [4.78, 5) is 22.4. The van der Waals surface area contributed by atoms with Gasteiger partial charge < -0.3 is 10.1 Å². The van der Waals surface area contributed by atoms with Crippen molar-refractivity contribution in [2.75, 3.05) is 12.4 Å². The van der Waals surface area contributed by atoms with E-state index in [1.165, 1.54) is 36.3 Å². The number of hydrogen-bond acceptors (Lipinski definition) is 6. The third kappa shape index (κ3) is 4.69. The van der Waals surface area contributed by atoms with E-state index in [0.29, 0.717) is 12.2 Å². The van der Waals surface area contributed by atoms with Crippen LogP contribution in [0.15, 0.2) is 42.9 Å². The van der Waals surface area contributed by atoms with E-state index in [9.17, 15) is 19.3 Å². The average molecular weight is 388 g/mol. The number of carbonyl (C=O) groups is 1. The normalized spacial score (nSPS) is 10.6. The number of halogens is 1. The highest BCUT2D eigenvalue weighted by Crippen LogP contribution is 2.24. The Labute approximate surface area is 158 Å². The molecule has 0 fully saturated rings. The molecule has 0 saturated carbocycles. The van der Waals surface area contributed by atoms with E-state index in [1.54, 1.807) is 23.0 Å². The first-order valence-electron chi connectivity index (χ1n) is 8.27. The number of amides is 1. The number of nitro groups is 1. The van der Waals surface area contributed by atoms with Gasteiger partial charge in [-0.2, -0.15) is 5.10 Å². The van der Waals surface area contributed by atoms with Crippen LogP contribution in [-0.4, -0.2) is 37.5 Å². The van der Waals surface area contributed by atoms with E-state index < -0.39 is 4.92 Å². The summed E-state index contributed by atoms with van der Waals surface area (Å²) >= 11 is 0. The molecule has 0 aliphatic heterocycles. The van der Waals surface area contributed by atoms with E-state index in [-0.39, 0.29) is 36.3 Å². The number of nitrogens with zero attached hydrogens (tertiary/aromatic N) is 5. The molecule has 2 heterocycles. The smallest absolute Gasteiger partial charge is 0.350 e. The Hall–Kier alpha value is -3.76. The number of rotatable bonds is 8. The number of nitrogens with one attached hydrogen (secondary N) is 1. The molecular weight excluding hydrogens is 371 g/mol. The molecule has 0 atom stereocenters. The van der Waals surface area contributed by atoms with Crippen molar-refractivity contribution >= 4 is 17.3 Å². The van der Waals surface area contributed by atoms with Crippen molar-refractivity contribution < 1.29 is 18.8 Å². The second-order valence-corrected chi connectivity index (χ2v) is 5.90. The Morgan fingerprint density at radius 2 is 2.18 bits per heavy atom. The molecular formula is C17H17FN6O4. The number of ether oxygens (including phenoxy) is 1. The predicted molar refractivity (Wildman–Crippen MR) is 96.4 cm³/mol. The lowest BCUT2D eigenvalue weighted by Gasteiger charge is -2.03. The topological polar surface area (TPSA) is 117 Å². The van der Waals surface area contributed by atoms with Crippen molar-refractivity contribution in [3.05, 3.63) is 64.4 Å². The zero-order chi connectivity index (χ0) is 20.1. The molecule has 3 aromatic rings. The van der Waals surface area contributed by atoms with Gasteiger partial charge in [0.2, 0.25) is 5.91 Å². The summed E-state index contributed by atoms with van der Waals surface area (Å²) in [6.45, 7) is 0.512. The van der Waals surface area contributed by atoms with Crippen LogP contribution in [0.3, 0.4) is 0 Å². The van der Waals surface area contributed by atoms with Crippen molar-refractivity contribution in [3.8, 4) is 5.88 Å². The summed E-state index contributed by atoms with van der Waals surface area (Å²) in [7, 11) is 1.29. The molecule has 1 amide bonds. The highest BCUT2D eigenvalue weighted by Gasteiger charge is 2.20. The van der Waals surface area contributed by atoms with Crippen LogP contribution in [0.2, 0.25) is 0 Å². The fourth-order valence-electron chi connectivity index (χ4n) is 2.55. The Bertz CT molecular complexity index is 999. The number of carbonyl (C=O) groups excluding carboxylic acids is 1. The standard InChI is InChI=1S/C17H17FN6O4/c1-28-17-15(24(26)27)11-22(21-17)6-5-16(25)20-14-8-19-23(10-14)9-12-3-2-4-13(18)7-12/h2-4,7-8,10-11H,5-6,9H2,1H3,(H,20,25). The molecule has 10 nitrogen and oxygen atoms in total. The molecule has 1 N–H and O–H groups in total. The van der Waals surface area contributed by atoms with Gasteiger partial charge in [0.25, 0.3) is 0 Å². The Kier molecular flexibility index (Phi) is 5.63. The fraction of sp³-hybridized carbons (Fsp3) is 0.235. The molecule has 146 valence electrons. The lowest BCUT2D eigenvalue weighted by atomic mass is 10.2. The van der Waals surface area contributed by atoms with Crippen LogP contribution in [0, 0.1) is 15.9 Å². The Morgan fingerprint density at radius 3 is 2.86 bits per heavy atom. The number of hydrogen-bond donors (Lipinski definition) is 1. The van der Waals surface area contributed by atoms with E-state index >= 15 is 0 Å². The molecule has 3 rings (SSSR count). The maximum absolute atomic E-state index is 13.2. The van der Waals surface area contributed by atoms with Crippen LogP contribution >= 0.6 is 0 Å². The van der Waals surface area contributed by atoms with Crippen LogP contribution in [0.1, 0.15) is 12.0 Å². The van der Waals surface area contributed by atoms with Crippen LogP contribution in [0.5, 0.6) is 5.88 Å². The zero-order valence-corrected chi connectivity index (χ0v) is 14.9. The molecule has 0 bridgehead atoms.